The number of amides is 1. The number of ether oxygens (including phenoxy) is 2. The molecule has 1 aliphatic rings. The van der Waals surface area contributed by atoms with E-state index in [0.29, 0.717) is 4.90 Å². The normalized spacial score (nSPS) is 25.3. The van der Waals surface area contributed by atoms with Gasteiger partial charge in [-0.3, -0.25) is 9.59 Å². The number of halogens is 3. The van der Waals surface area contributed by atoms with E-state index in [0.717, 1.165) is 0 Å². The number of carbonyl (C=O) groups is 2. The van der Waals surface area contributed by atoms with Crippen LogP contribution >= 0.6 is 0 Å². The van der Waals surface area contributed by atoms with Gasteiger partial charge in [-0.15, -0.1) is 0 Å². The van der Waals surface area contributed by atoms with Crippen LogP contribution in [0.15, 0.2) is 0 Å². The van der Waals surface area contributed by atoms with E-state index in [1.807, 2.05) is 0 Å². The minimum Gasteiger partial charge on any atom is -0.481 e. The van der Waals surface area contributed by atoms with Gasteiger partial charge in [-0.2, -0.15) is 13.2 Å². The van der Waals surface area contributed by atoms with Crippen molar-refractivity contribution in [3.05, 3.63) is 0 Å². The van der Waals surface area contributed by atoms with Crippen LogP contribution in [0.5, 0.6) is 0 Å². The highest BCUT2D eigenvalue weighted by Crippen LogP contribution is 2.34. The van der Waals surface area contributed by atoms with Gasteiger partial charge < -0.3 is 19.5 Å². The molecular weight excluding hydrogens is 343 g/mol. The second-order valence-corrected chi connectivity index (χ2v) is 8.08. The first kappa shape index (κ1) is 21.7. The zero-order valence-electron chi connectivity index (χ0n) is 15.3. The van der Waals surface area contributed by atoms with Crippen LogP contribution < -0.4 is 0 Å². The van der Waals surface area contributed by atoms with Crippen LogP contribution in [-0.4, -0.2) is 64.1 Å². The van der Waals surface area contributed by atoms with Crippen molar-refractivity contribution in [1.82, 2.24) is 4.90 Å². The molecule has 0 saturated carbocycles. The maximum atomic E-state index is 12.9. The molecule has 1 N–H and O–H groups in total. The van der Waals surface area contributed by atoms with Gasteiger partial charge in [0.1, 0.15) is 12.2 Å². The third-order valence-electron chi connectivity index (χ3n) is 3.40. The highest BCUT2D eigenvalue weighted by atomic mass is 19.4. The number of nitrogens with zero attached hydrogens (tertiary/aromatic N) is 1. The Morgan fingerprint density at radius 3 is 1.88 bits per heavy atom. The molecule has 1 aliphatic heterocycles. The second kappa shape index (κ2) is 7.11. The summed E-state index contributed by atoms with van der Waals surface area (Å²) in [5.74, 6) is -3.40. The number of alkyl halides is 3. The number of carboxylic acid groups (broad SMARTS) is 1. The predicted molar refractivity (Wildman–Crippen MR) is 83.1 cm³/mol. The predicted octanol–water partition coefficient (Wildman–Crippen LogP) is 2.60. The molecule has 6 nitrogen and oxygen atoms in total. The summed E-state index contributed by atoms with van der Waals surface area (Å²) in [7, 11) is 0. The molecule has 1 fully saturated rings. The van der Waals surface area contributed by atoms with E-state index in [4.69, 9.17) is 14.6 Å². The fourth-order valence-corrected chi connectivity index (χ4v) is 2.78. The first-order valence-corrected chi connectivity index (χ1v) is 7.96. The van der Waals surface area contributed by atoms with Crippen LogP contribution in [0.4, 0.5) is 13.2 Å². The van der Waals surface area contributed by atoms with E-state index in [2.05, 4.69) is 0 Å². The number of carboxylic acids is 1. The quantitative estimate of drug-likeness (QED) is 0.824. The molecule has 1 saturated heterocycles. The number of hydrogen-bond acceptors (Lipinski definition) is 4. The molecule has 0 aromatic rings. The molecule has 0 spiro atoms. The Morgan fingerprint density at radius 1 is 1.04 bits per heavy atom. The lowest BCUT2D eigenvalue weighted by Crippen LogP contribution is -2.48. The second-order valence-electron chi connectivity index (χ2n) is 8.08. The Hall–Kier alpha value is -1.35. The first-order chi connectivity index (χ1) is 11.0. The van der Waals surface area contributed by atoms with E-state index in [1.165, 1.54) is 0 Å². The zero-order valence-corrected chi connectivity index (χ0v) is 15.3. The summed E-state index contributed by atoms with van der Waals surface area (Å²) in [6.45, 7) is 9.90. The molecule has 0 radical (unpaired) electrons. The molecular formula is C16H26F3NO5. The lowest BCUT2D eigenvalue weighted by atomic mass is 10.0. The van der Waals surface area contributed by atoms with Gasteiger partial charge in [0.25, 0.3) is 0 Å². The third kappa shape index (κ3) is 6.47. The Bertz CT molecular complexity index is 507. The van der Waals surface area contributed by atoms with Crippen molar-refractivity contribution in [2.24, 2.45) is 0 Å². The minimum absolute atomic E-state index is 0.381. The Kier molecular flexibility index (Phi) is 6.17. The molecule has 25 heavy (non-hydrogen) atoms. The van der Waals surface area contributed by atoms with Crippen LogP contribution in [0, 0.1) is 0 Å². The number of rotatable bonds is 4. The van der Waals surface area contributed by atoms with Gasteiger partial charge in [0, 0.05) is 0 Å². The van der Waals surface area contributed by atoms with Crippen molar-refractivity contribution in [2.45, 2.75) is 83.6 Å². The SMILES string of the molecule is CC(C)(C)O[C@@H]1[C@@H](CC(=O)O)N(C(=O)C(F)(F)F)C[C@H]1OC(C)(C)C. The average Bonchev–Trinajstić information content (AvgIpc) is 2.61. The minimum atomic E-state index is -5.10. The molecule has 9 heteroatoms. The van der Waals surface area contributed by atoms with Crippen molar-refractivity contribution in [1.29, 1.82) is 0 Å². The fraction of sp³-hybridized carbons (Fsp3) is 0.875. The van der Waals surface area contributed by atoms with E-state index in [9.17, 15) is 22.8 Å². The Morgan fingerprint density at radius 2 is 1.52 bits per heavy atom. The van der Waals surface area contributed by atoms with Gasteiger partial charge in [-0.05, 0) is 41.5 Å². The van der Waals surface area contributed by atoms with Crippen molar-refractivity contribution in [3.63, 3.8) is 0 Å². The summed E-state index contributed by atoms with van der Waals surface area (Å²) >= 11 is 0. The fourth-order valence-electron chi connectivity index (χ4n) is 2.78. The summed E-state index contributed by atoms with van der Waals surface area (Å²) in [6.07, 6.45) is -7.61. The lowest BCUT2D eigenvalue weighted by Gasteiger charge is -2.34. The van der Waals surface area contributed by atoms with Crippen LogP contribution in [0.2, 0.25) is 0 Å². The van der Waals surface area contributed by atoms with E-state index in [-0.39, 0.29) is 6.54 Å². The molecule has 0 unspecified atom stereocenters. The molecule has 0 aromatic carbocycles. The zero-order chi connectivity index (χ0) is 19.8. The molecule has 146 valence electrons. The number of carbonyl (C=O) groups excluding carboxylic acids is 1. The van der Waals surface area contributed by atoms with Gasteiger partial charge in [0.15, 0.2) is 0 Å². The van der Waals surface area contributed by atoms with Crippen molar-refractivity contribution < 1.29 is 37.3 Å². The standard InChI is InChI=1S/C16H26F3NO5/c1-14(2,3)24-10-8-20(13(23)16(17,18)19)9(7-11(21)22)12(10)25-15(4,5)6/h9-10,12H,7-8H2,1-6H3,(H,21,22)/t9-,10-,12-/m1/s1. The summed E-state index contributed by atoms with van der Waals surface area (Å²) in [5, 5.41) is 9.10. The van der Waals surface area contributed by atoms with Gasteiger partial charge in [0.05, 0.1) is 30.2 Å². The van der Waals surface area contributed by atoms with Crippen molar-refractivity contribution >= 4 is 11.9 Å². The first-order valence-electron chi connectivity index (χ1n) is 7.96. The van der Waals surface area contributed by atoms with E-state index in [1.54, 1.807) is 41.5 Å². The highest BCUT2D eigenvalue weighted by Gasteiger charge is 2.54. The topological polar surface area (TPSA) is 76.1 Å². The number of likely N-dealkylation sites (tertiary alicyclic amines) is 1. The summed E-state index contributed by atoms with van der Waals surface area (Å²) < 4.78 is 50.4. The van der Waals surface area contributed by atoms with E-state index < -0.39 is 53.9 Å². The Labute approximate surface area is 145 Å². The van der Waals surface area contributed by atoms with Gasteiger partial charge in [0.2, 0.25) is 0 Å². The van der Waals surface area contributed by atoms with Crippen molar-refractivity contribution in [3.8, 4) is 0 Å². The average molecular weight is 369 g/mol. The van der Waals surface area contributed by atoms with Crippen LogP contribution in [0.1, 0.15) is 48.0 Å². The molecule has 1 rings (SSSR count). The number of hydrogen-bond donors (Lipinski definition) is 1. The maximum absolute atomic E-state index is 12.9. The molecule has 0 aromatic heterocycles. The van der Waals surface area contributed by atoms with Crippen LogP contribution in [-0.2, 0) is 19.1 Å². The lowest BCUT2D eigenvalue weighted by molar-refractivity contribution is -0.188. The molecule has 0 aliphatic carbocycles. The molecule has 0 bridgehead atoms. The highest BCUT2D eigenvalue weighted by molar-refractivity contribution is 5.83. The van der Waals surface area contributed by atoms with Gasteiger partial charge in [-0.1, -0.05) is 0 Å². The van der Waals surface area contributed by atoms with Crippen molar-refractivity contribution in [2.75, 3.05) is 6.54 Å². The van der Waals surface area contributed by atoms with Gasteiger partial charge in [-0.25, -0.2) is 0 Å². The smallest absolute Gasteiger partial charge is 0.471 e. The molecule has 3 atom stereocenters. The van der Waals surface area contributed by atoms with Gasteiger partial charge >= 0.3 is 18.1 Å². The van der Waals surface area contributed by atoms with Crippen LogP contribution in [0.3, 0.4) is 0 Å². The number of aliphatic carboxylic acids is 1. The van der Waals surface area contributed by atoms with Crippen LogP contribution in [0.25, 0.3) is 0 Å². The monoisotopic (exact) mass is 369 g/mol. The summed E-state index contributed by atoms with van der Waals surface area (Å²) in [5.41, 5.74) is -1.45. The van der Waals surface area contributed by atoms with E-state index >= 15 is 0 Å². The molecule has 1 amide bonds. The molecule has 1 heterocycles. The summed E-state index contributed by atoms with van der Waals surface area (Å²) in [4.78, 5) is 23.5. The largest absolute Gasteiger partial charge is 0.481 e. The summed E-state index contributed by atoms with van der Waals surface area (Å²) in [6, 6.07) is -1.27. The maximum Gasteiger partial charge on any atom is 0.471 e. The Balaban J connectivity index is 3.25. The third-order valence-corrected chi connectivity index (χ3v) is 3.40.